The zero-order chi connectivity index (χ0) is 16.9. The van der Waals surface area contributed by atoms with Crippen LogP contribution in [0.3, 0.4) is 0 Å². The Labute approximate surface area is 148 Å². The van der Waals surface area contributed by atoms with E-state index in [0.29, 0.717) is 6.42 Å². The van der Waals surface area contributed by atoms with E-state index in [-0.39, 0.29) is 18.6 Å². The predicted molar refractivity (Wildman–Crippen MR) is 95.3 cm³/mol. The molecule has 0 saturated carbocycles. The van der Waals surface area contributed by atoms with Gasteiger partial charge in [-0.2, -0.15) is 0 Å². The van der Waals surface area contributed by atoms with Crippen LogP contribution >= 0.6 is 15.9 Å². The molecule has 5 heteroatoms. The van der Waals surface area contributed by atoms with Crippen LogP contribution in [0.2, 0.25) is 0 Å². The van der Waals surface area contributed by atoms with E-state index >= 15 is 0 Å². The Bertz CT molecular complexity index is 756. The van der Waals surface area contributed by atoms with Crippen LogP contribution in [0.25, 0.3) is 6.08 Å². The van der Waals surface area contributed by atoms with Gasteiger partial charge in [0.15, 0.2) is 0 Å². The lowest BCUT2D eigenvalue weighted by molar-refractivity contribution is -0.124. The summed E-state index contributed by atoms with van der Waals surface area (Å²) >= 11 is 3.37. The maximum Gasteiger partial charge on any atom is 0.417 e. The minimum absolute atomic E-state index is 0.228. The quantitative estimate of drug-likeness (QED) is 0.745. The van der Waals surface area contributed by atoms with Crippen LogP contribution in [0.15, 0.2) is 65.1 Å². The number of hydrogen-bond donors (Lipinski definition) is 0. The van der Waals surface area contributed by atoms with Gasteiger partial charge in [-0.05, 0) is 35.8 Å². The molecule has 1 aliphatic rings. The molecule has 0 bridgehead atoms. The van der Waals surface area contributed by atoms with Crippen LogP contribution in [0.5, 0.6) is 0 Å². The van der Waals surface area contributed by atoms with E-state index < -0.39 is 6.09 Å². The predicted octanol–water partition coefficient (Wildman–Crippen LogP) is 4.05. The van der Waals surface area contributed by atoms with E-state index in [1.54, 1.807) is 6.08 Å². The standard InChI is InChI=1S/C19H16BrNO3/c20-16-9-6-14(7-10-16)8-11-18(22)21-17(13-24-19(21)23)12-15-4-2-1-3-5-15/h1-11,17H,12-13H2/t17-/m0/s1. The van der Waals surface area contributed by atoms with E-state index in [2.05, 4.69) is 15.9 Å². The molecule has 0 unspecified atom stereocenters. The summed E-state index contributed by atoms with van der Waals surface area (Å²) in [5, 5.41) is 0. The number of amides is 2. The maximum absolute atomic E-state index is 12.4. The van der Waals surface area contributed by atoms with Gasteiger partial charge in [0.1, 0.15) is 6.61 Å². The molecule has 1 saturated heterocycles. The van der Waals surface area contributed by atoms with Crippen LogP contribution in [-0.2, 0) is 16.0 Å². The van der Waals surface area contributed by atoms with Gasteiger partial charge < -0.3 is 4.74 Å². The molecule has 2 aromatic rings. The molecule has 0 spiro atoms. The molecular formula is C19H16BrNO3. The van der Waals surface area contributed by atoms with Crippen LogP contribution in [-0.4, -0.2) is 29.5 Å². The normalized spacial score (nSPS) is 17.3. The fourth-order valence-corrected chi connectivity index (χ4v) is 2.85. The highest BCUT2D eigenvalue weighted by Gasteiger charge is 2.36. The fourth-order valence-electron chi connectivity index (χ4n) is 2.59. The Morgan fingerprint density at radius 3 is 2.58 bits per heavy atom. The van der Waals surface area contributed by atoms with Crippen molar-refractivity contribution in [3.05, 3.63) is 76.3 Å². The summed E-state index contributed by atoms with van der Waals surface area (Å²) in [4.78, 5) is 25.5. The summed E-state index contributed by atoms with van der Waals surface area (Å²) in [7, 11) is 0. The molecular weight excluding hydrogens is 370 g/mol. The topological polar surface area (TPSA) is 46.6 Å². The van der Waals surface area contributed by atoms with Gasteiger partial charge in [0.25, 0.3) is 5.91 Å². The van der Waals surface area contributed by atoms with Crippen molar-refractivity contribution < 1.29 is 14.3 Å². The molecule has 2 aromatic carbocycles. The second kappa shape index (κ2) is 7.45. The molecule has 0 aromatic heterocycles. The van der Waals surface area contributed by atoms with Gasteiger partial charge in [-0.15, -0.1) is 0 Å². The summed E-state index contributed by atoms with van der Waals surface area (Å²) in [6, 6.07) is 17.0. The Kier molecular flexibility index (Phi) is 5.11. The number of nitrogens with zero attached hydrogens (tertiary/aromatic N) is 1. The first-order valence-corrected chi connectivity index (χ1v) is 8.40. The first-order chi connectivity index (χ1) is 11.6. The van der Waals surface area contributed by atoms with Crippen LogP contribution in [0.4, 0.5) is 4.79 Å². The SMILES string of the molecule is O=C(C=Cc1ccc(Br)cc1)N1C(=O)OC[C@@H]1Cc1ccccc1. The molecule has 1 fully saturated rings. The van der Waals surface area contributed by atoms with Gasteiger partial charge >= 0.3 is 6.09 Å². The smallest absolute Gasteiger partial charge is 0.417 e. The minimum Gasteiger partial charge on any atom is -0.447 e. The van der Waals surface area contributed by atoms with Crippen molar-refractivity contribution in [2.45, 2.75) is 12.5 Å². The summed E-state index contributed by atoms with van der Waals surface area (Å²) in [6.07, 6.45) is 3.11. The van der Waals surface area contributed by atoms with Crippen molar-refractivity contribution in [2.75, 3.05) is 6.61 Å². The lowest BCUT2D eigenvalue weighted by Crippen LogP contribution is -2.39. The van der Waals surface area contributed by atoms with Crippen molar-refractivity contribution in [1.82, 2.24) is 4.90 Å². The Morgan fingerprint density at radius 2 is 1.88 bits per heavy atom. The highest BCUT2D eigenvalue weighted by molar-refractivity contribution is 9.10. The number of hydrogen-bond acceptors (Lipinski definition) is 3. The first-order valence-electron chi connectivity index (χ1n) is 7.61. The number of cyclic esters (lactones) is 1. The van der Waals surface area contributed by atoms with Crippen molar-refractivity contribution in [3.63, 3.8) is 0 Å². The van der Waals surface area contributed by atoms with Gasteiger partial charge in [-0.1, -0.05) is 58.4 Å². The monoisotopic (exact) mass is 385 g/mol. The highest BCUT2D eigenvalue weighted by Crippen LogP contribution is 2.18. The molecule has 1 atom stereocenters. The molecule has 0 radical (unpaired) electrons. The molecule has 0 N–H and O–H groups in total. The molecule has 122 valence electrons. The van der Waals surface area contributed by atoms with E-state index in [1.165, 1.54) is 11.0 Å². The highest BCUT2D eigenvalue weighted by atomic mass is 79.9. The molecule has 2 amide bonds. The zero-order valence-corrected chi connectivity index (χ0v) is 14.5. The summed E-state index contributed by atoms with van der Waals surface area (Å²) in [5.41, 5.74) is 1.95. The van der Waals surface area contributed by atoms with Gasteiger partial charge in [0.05, 0.1) is 6.04 Å². The van der Waals surface area contributed by atoms with Gasteiger partial charge in [0, 0.05) is 10.5 Å². The molecule has 1 aliphatic heterocycles. The Hall–Kier alpha value is -2.40. The van der Waals surface area contributed by atoms with Crippen LogP contribution in [0.1, 0.15) is 11.1 Å². The third-order valence-electron chi connectivity index (χ3n) is 3.80. The fraction of sp³-hybridized carbons (Fsp3) is 0.158. The van der Waals surface area contributed by atoms with Crippen molar-refractivity contribution >= 4 is 34.0 Å². The molecule has 24 heavy (non-hydrogen) atoms. The van der Waals surface area contributed by atoms with Gasteiger partial charge in [-0.3, -0.25) is 4.79 Å². The Morgan fingerprint density at radius 1 is 1.17 bits per heavy atom. The average molecular weight is 386 g/mol. The second-order valence-corrected chi connectivity index (χ2v) is 6.43. The van der Waals surface area contributed by atoms with Crippen molar-refractivity contribution in [2.24, 2.45) is 0 Å². The molecule has 0 aliphatic carbocycles. The van der Waals surface area contributed by atoms with E-state index in [4.69, 9.17) is 4.74 Å². The number of halogens is 1. The second-order valence-electron chi connectivity index (χ2n) is 5.51. The number of carbonyl (C=O) groups excluding carboxylic acids is 2. The summed E-state index contributed by atoms with van der Waals surface area (Å²) in [6.45, 7) is 0.228. The number of ether oxygens (including phenoxy) is 1. The van der Waals surface area contributed by atoms with E-state index in [9.17, 15) is 9.59 Å². The first kappa shape index (κ1) is 16.5. The largest absolute Gasteiger partial charge is 0.447 e. The third kappa shape index (κ3) is 3.92. The molecule has 3 rings (SSSR count). The Balaban J connectivity index is 1.71. The molecule has 4 nitrogen and oxygen atoms in total. The lowest BCUT2D eigenvalue weighted by atomic mass is 10.1. The lowest BCUT2D eigenvalue weighted by Gasteiger charge is -2.18. The van der Waals surface area contributed by atoms with Crippen molar-refractivity contribution in [3.8, 4) is 0 Å². The number of rotatable bonds is 4. The van der Waals surface area contributed by atoms with E-state index in [0.717, 1.165) is 15.6 Å². The van der Waals surface area contributed by atoms with Crippen molar-refractivity contribution in [1.29, 1.82) is 0 Å². The summed E-state index contributed by atoms with van der Waals surface area (Å²) < 4.78 is 6.03. The van der Waals surface area contributed by atoms with E-state index in [1.807, 2.05) is 54.6 Å². The van der Waals surface area contributed by atoms with Gasteiger partial charge in [-0.25, -0.2) is 9.69 Å². The minimum atomic E-state index is -0.582. The van der Waals surface area contributed by atoms with Crippen LogP contribution < -0.4 is 0 Å². The maximum atomic E-state index is 12.4. The molecule has 1 heterocycles. The summed E-state index contributed by atoms with van der Waals surface area (Å²) in [5.74, 6) is -0.360. The van der Waals surface area contributed by atoms with Crippen LogP contribution in [0, 0.1) is 0 Å². The number of carbonyl (C=O) groups is 2. The zero-order valence-electron chi connectivity index (χ0n) is 12.9. The average Bonchev–Trinajstić information content (AvgIpc) is 2.95. The third-order valence-corrected chi connectivity index (χ3v) is 4.33. The number of benzene rings is 2. The van der Waals surface area contributed by atoms with Gasteiger partial charge in [0.2, 0.25) is 0 Å². The number of imide groups is 1.